The molecule has 2 heterocycles. The zero-order valence-electron chi connectivity index (χ0n) is 14.0. The number of phenolic OH excluding ortho intramolecular Hbond substituents is 2. The quantitative estimate of drug-likeness (QED) is 0.208. The Kier molecular flexibility index (Phi) is 4.72. The van der Waals surface area contributed by atoms with E-state index in [1.165, 1.54) is 18.3 Å². The average molecular weight is 442 g/mol. The van der Waals surface area contributed by atoms with Crippen LogP contribution in [0, 0.1) is 0 Å². The fraction of sp³-hybridized carbons (Fsp3) is 0. The number of rotatable bonds is 5. The minimum absolute atomic E-state index is 0.208. The Balaban J connectivity index is 1.62. The van der Waals surface area contributed by atoms with Gasteiger partial charge in [-0.15, -0.1) is 0 Å². The molecule has 0 aliphatic carbocycles. The lowest BCUT2D eigenvalue weighted by Gasteiger charge is -2.09. The van der Waals surface area contributed by atoms with Gasteiger partial charge in [-0.3, -0.25) is 5.43 Å². The summed E-state index contributed by atoms with van der Waals surface area (Å²) in [5.74, 6) is 0.214. The second kappa shape index (κ2) is 7.48. The number of hydrazone groups is 1. The molecule has 10 nitrogen and oxygen atoms in total. The Morgan fingerprint density at radius 3 is 2.50 bits per heavy atom. The summed E-state index contributed by atoms with van der Waals surface area (Å²) in [6.07, 6.45) is 1.45. The summed E-state index contributed by atoms with van der Waals surface area (Å²) in [6, 6.07) is 11.8. The molecule has 0 aliphatic heterocycles. The minimum atomic E-state index is -0.240. The normalized spacial score (nSPS) is 11.2. The number of hydrogen-bond acceptors (Lipinski definition) is 10. The maximum Gasteiger partial charge on any atom is 0.245 e. The van der Waals surface area contributed by atoms with Crippen LogP contribution in [-0.2, 0) is 0 Å². The van der Waals surface area contributed by atoms with Crippen LogP contribution in [0.15, 0.2) is 56.7 Å². The van der Waals surface area contributed by atoms with Gasteiger partial charge in [-0.2, -0.15) is 10.1 Å². The predicted octanol–water partition coefficient (Wildman–Crippen LogP) is 3.38. The monoisotopic (exact) mass is 441 g/mol. The van der Waals surface area contributed by atoms with Crippen molar-refractivity contribution in [3.8, 4) is 11.5 Å². The highest BCUT2D eigenvalue weighted by molar-refractivity contribution is 9.10. The van der Waals surface area contributed by atoms with Gasteiger partial charge in [0.2, 0.25) is 11.3 Å². The van der Waals surface area contributed by atoms with Gasteiger partial charge in [0.05, 0.1) is 6.21 Å². The molecule has 2 aromatic heterocycles. The summed E-state index contributed by atoms with van der Waals surface area (Å²) in [7, 11) is 0. The molecule has 0 fully saturated rings. The van der Waals surface area contributed by atoms with E-state index in [9.17, 15) is 10.2 Å². The predicted molar refractivity (Wildman–Crippen MR) is 106 cm³/mol. The van der Waals surface area contributed by atoms with Crippen LogP contribution in [0.25, 0.3) is 11.3 Å². The Morgan fingerprint density at radius 2 is 1.75 bits per heavy atom. The molecule has 4 aromatic rings. The number of nitrogens with one attached hydrogen (secondary N) is 2. The third-order valence-electron chi connectivity index (χ3n) is 3.59. The number of anilines is 3. The van der Waals surface area contributed by atoms with Crippen molar-refractivity contribution in [2.75, 3.05) is 10.7 Å². The minimum Gasteiger partial charge on any atom is -0.504 e. The van der Waals surface area contributed by atoms with E-state index >= 15 is 0 Å². The van der Waals surface area contributed by atoms with Gasteiger partial charge in [-0.1, -0.05) is 22.0 Å². The largest absolute Gasteiger partial charge is 0.504 e. The molecule has 0 unspecified atom stereocenters. The molecule has 4 N–H and O–H groups in total. The van der Waals surface area contributed by atoms with Crippen LogP contribution in [0.3, 0.4) is 0 Å². The number of aromatic hydroxyl groups is 2. The van der Waals surface area contributed by atoms with E-state index in [4.69, 9.17) is 0 Å². The van der Waals surface area contributed by atoms with Crippen LogP contribution >= 0.6 is 15.9 Å². The Morgan fingerprint density at radius 1 is 0.964 bits per heavy atom. The molecule has 0 aliphatic rings. The van der Waals surface area contributed by atoms with E-state index in [-0.39, 0.29) is 22.8 Å². The van der Waals surface area contributed by atoms with E-state index in [1.807, 2.05) is 24.3 Å². The van der Waals surface area contributed by atoms with Crippen LogP contribution in [0.4, 0.5) is 17.3 Å². The number of nitrogens with zero attached hydrogens (tertiary/aromatic N) is 5. The molecule has 2 aromatic carbocycles. The van der Waals surface area contributed by atoms with Gasteiger partial charge in [-0.25, -0.2) is 9.61 Å². The lowest BCUT2D eigenvalue weighted by atomic mass is 10.2. The highest BCUT2D eigenvalue weighted by atomic mass is 79.9. The van der Waals surface area contributed by atoms with Crippen molar-refractivity contribution in [1.82, 2.24) is 20.3 Å². The fourth-order valence-corrected chi connectivity index (χ4v) is 2.69. The zero-order valence-corrected chi connectivity index (χ0v) is 15.6. The molecule has 140 valence electrons. The summed E-state index contributed by atoms with van der Waals surface area (Å²) in [6.45, 7) is 0. The maximum atomic E-state index is 9.55. The van der Waals surface area contributed by atoms with Gasteiger partial charge >= 0.3 is 0 Å². The number of fused-ring (bicyclic) bond motifs is 1. The fourth-order valence-electron chi connectivity index (χ4n) is 2.29. The third-order valence-corrected chi connectivity index (χ3v) is 4.08. The molecule has 4 rings (SSSR count). The Hall–Kier alpha value is -3.73. The number of aromatic nitrogens is 4. The topological polar surface area (TPSA) is 142 Å². The number of halogens is 1. The van der Waals surface area contributed by atoms with E-state index in [1.54, 1.807) is 6.07 Å². The van der Waals surface area contributed by atoms with Gasteiger partial charge in [0.25, 0.3) is 0 Å². The molecule has 28 heavy (non-hydrogen) atoms. The van der Waals surface area contributed by atoms with E-state index in [2.05, 4.69) is 56.7 Å². The molecular weight excluding hydrogens is 430 g/mol. The second-order valence-electron chi connectivity index (χ2n) is 5.59. The Labute approximate surface area is 166 Å². The van der Waals surface area contributed by atoms with Crippen LogP contribution in [0.2, 0.25) is 0 Å². The average Bonchev–Trinajstić information content (AvgIpc) is 3.12. The smallest absolute Gasteiger partial charge is 0.245 e. The highest BCUT2D eigenvalue weighted by Crippen LogP contribution is 2.26. The molecule has 0 spiro atoms. The molecular formula is C17H12BrN7O3. The first-order valence-corrected chi connectivity index (χ1v) is 8.72. The lowest BCUT2D eigenvalue weighted by molar-refractivity contribution is 0.314. The van der Waals surface area contributed by atoms with Crippen molar-refractivity contribution in [1.29, 1.82) is 0 Å². The standard InChI is InChI=1S/C17H12BrN7O3/c18-10-2-1-3-11(7-10)20-14-15(22-17-16(21-14)24-28-25-17)23-19-8-9-4-5-12(26)13(27)6-9/h1-8,26-27H,(H,20,21,24)(H,22,23,25)/b19-8+. The molecule has 0 radical (unpaired) electrons. The maximum absolute atomic E-state index is 9.55. The summed E-state index contributed by atoms with van der Waals surface area (Å²) in [4.78, 5) is 8.64. The SMILES string of the molecule is Oc1ccc(/C=N/Nc2nc3nonc3nc2Nc2cccc(Br)c2)cc1O. The van der Waals surface area contributed by atoms with Crippen molar-refractivity contribution in [2.24, 2.45) is 5.10 Å². The van der Waals surface area contributed by atoms with Crippen LogP contribution in [-0.4, -0.2) is 36.7 Å². The lowest BCUT2D eigenvalue weighted by Crippen LogP contribution is -2.03. The van der Waals surface area contributed by atoms with Crippen LogP contribution < -0.4 is 10.7 Å². The van der Waals surface area contributed by atoms with Crippen molar-refractivity contribution in [2.45, 2.75) is 0 Å². The van der Waals surface area contributed by atoms with Crippen molar-refractivity contribution >= 4 is 50.8 Å². The third kappa shape index (κ3) is 3.83. The second-order valence-corrected chi connectivity index (χ2v) is 6.50. The van der Waals surface area contributed by atoms with Crippen molar-refractivity contribution < 1.29 is 14.8 Å². The summed E-state index contributed by atoms with van der Waals surface area (Å²) in [5, 5.41) is 33.5. The molecule has 0 atom stereocenters. The van der Waals surface area contributed by atoms with Gasteiger partial charge in [0.15, 0.2) is 23.1 Å². The van der Waals surface area contributed by atoms with Crippen LogP contribution in [0.1, 0.15) is 5.56 Å². The van der Waals surface area contributed by atoms with E-state index in [0.717, 1.165) is 10.2 Å². The van der Waals surface area contributed by atoms with E-state index in [0.29, 0.717) is 17.2 Å². The van der Waals surface area contributed by atoms with Gasteiger partial charge in [0, 0.05) is 10.2 Å². The highest BCUT2D eigenvalue weighted by Gasteiger charge is 2.13. The summed E-state index contributed by atoms with van der Waals surface area (Å²) >= 11 is 3.42. The first-order chi connectivity index (χ1) is 13.6. The summed E-state index contributed by atoms with van der Waals surface area (Å²) in [5.41, 5.74) is 4.59. The van der Waals surface area contributed by atoms with Gasteiger partial charge < -0.3 is 15.5 Å². The molecule has 0 saturated heterocycles. The van der Waals surface area contributed by atoms with Gasteiger partial charge in [-0.05, 0) is 52.3 Å². The molecule has 0 amide bonds. The first kappa shape index (κ1) is 17.7. The zero-order chi connectivity index (χ0) is 19.5. The first-order valence-electron chi connectivity index (χ1n) is 7.92. The van der Waals surface area contributed by atoms with Gasteiger partial charge in [0.1, 0.15) is 0 Å². The van der Waals surface area contributed by atoms with Crippen molar-refractivity contribution in [3.63, 3.8) is 0 Å². The summed E-state index contributed by atoms with van der Waals surface area (Å²) < 4.78 is 5.56. The molecule has 0 bridgehead atoms. The number of benzene rings is 2. The van der Waals surface area contributed by atoms with E-state index < -0.39 is 0 Å². The Bertz CT molecular complexity index is 1180. The van der Waals surface area contributed by atoms with Crippen LogP contribution in [0.5, 0.6) is 11.5 Å². The number of phenols is 2. The molecule has 11 heteroatoms. The number of hydrogen-bond donors (Lipinski definition) is 4. The molecule has 0 saturated carbocycles. The van der Waals surface area contributed by atoms with Crippen molar-refractivity contribution in [3.05, 3.63) is 52.5 Å².